The lowest BCUT2D eigenvalue weighted by Crippen LogP contribution is -2.29. The zero-order valence-corrected chi connectivity index (χ0v) is 17.2. The second kappa shape index (κ2) is 7.78. The van der Waals surface area contributed by atoms with Gasteiger partial charge in [0.05, 0.1) is 10.8 Å². The number of amides is 1. The number of nitriles is 1. The van der Waals surface area contributed by atoms with E-state index in [9.17, 15) is 18.5 Å². The van der Waals surface area contributed by atoms with Crippen molar-refractivity contribution in [2.24, 2.45) is 0 Å². The molecule has 1 N–H and O–H groups in total. The molecule has 0 atom stereocenters. The third-order valence-electron chi connectivity index (χ3n) is 3.63. The van der Waals surface area contributed by atoms with Crippen molar-refractivity contribution in [1.29, 1.82) is 5.26 Å². The van der Waals surface area contributed by atoms with E-state index >= 15 is 0 Å². The van der Waals surface area contributed by atoms with Crippen LogP contribution in [0.5, 0.6) is 0 Å². The summed E-state index contributed by atoms with van der Waals surface area (Å²) in [5.74, 6) is -0.406. The van der Waals surface area contributed by atoms with Crippen LogP contribution in [0.1, 0.15) is 42.9 Å². The lowest BCUT2D eigenvalue weighted by atomic mass is 10.0. The van der Waals surface area contributed by atoms with Gasteiger partial charge in [0.15, 0.2) is 9.84 Å². The predicted molar refractivity (Wildman–Crippen MR) is 104 cm³/mol. The second-order valence-electron chi connectivity index (χ2n) is 6.31. The predicted octanol–water partition coefficient (Wildman–Crippen LogP) is 4.26. The normalized spacial score (nSPS) is 11.6. The molecule has 2 aromatic rings. The standard InChI is InChI=1S/C18H19ClN2O3S2/c1-10(2)21-17(22)16-15(12-5-7-13(19)8-6-12)14(9-20)18(25-16)26(23,24)11(3)4/h5-8,10-11H,1-4H3,(H,21,22). The van der Waals surface area contributed by atoms with Crippen molar-refractivity contribution in [3.8, 4) is 17.2 Å². The molecule has 1 aromatic heterocycles. The minimum Gasteiger partial charge on any atom is -0.349 e. The second-order valence-corrected chi connectivity index (χ2v) is 10.5. The highest BCUT2D eigenvalue weighted by Crippen LogP contribution is 2.40. The topological polar surface area (TPSA) is 87.0 Å². The first kappa shape index (κ1) is 20.4. The number of benzene rings is 1. The van der Waals surface area contributed by atoms with Gasteiger partial charge >= 0.3 is 0 Å². The summed E-state index contributed by atoms with van der Waals surface area (Å²) < 4.78 is 25.4. The zero-order chi connectivity index (χ0) is 19.6. The van der Waals surface area contributed by atoms with E-state index in [0.29, 0.717) is 16.1 Å². The summed E-state index contributed by atoms with van der Waals surface area (Å²) in [6.07, 6.45) is 0. The van der Waals surface area contributed by atoms with Crippen LogP contribution in [-0.2, 0) is 9.84 Å². The number of carbonyl (C=O) groups is 1. The molecule has 138 valence electrons. The highest BCUT2D eigenvalue weighted by Gasteiger charge is 2.32. The van der Waals surface area contributed by atoms with E-state index in [2.05, 4.69) is 5.32 Å². The molecule has 0 bridgehead atoms. The largest absolute Gasteiger partial charge is 0.349 e. The van der Waals surface area contributed by atoms with Gasteiger partial charge in [0.25, 0.3) is 5.91 Å². The molecular weight excluding hydrogens is 392 g/mol. The average molecular weight is 411 g/mol. The molecule has 0 saturated heterocycles. The highest BCUT2D eigenvalue weighted by molar-refractivity contribution is 7.94. The fourth-order valence-corrected chi connectivity index (χ4v) is 5.49. The molecule has 2 rings (SSSR count). The van der Waals surface area contributed by atoms with Crippen LogP contribution in [0.3, 0.4) is 0 Å². The quantitative estimate of drug-likeness (QED) is 0.797. The van der Waals surface area contributed by atoms with Crippen LogP contribution < -0.4 is 5.32 Å². The Kier molecular flexibility index (Phi) is 6.12. The van der Waals surface area contributed by atoms with Crippen LogP contribution in [0.4, 0.5) is 0 Å². The van der Waals surface area contributed by atoms with E-state index in [1.54, 1.807) is 38.1 Å². The van der Waals surface area contributed by atoms with Gasteiger partial charge in [0.2, 0.25) is 0 Å². The van der Waals surface area contributed by atoms with Gasteiger partial charge in [-0.15, -0.1) is 11.3 Å². The molecule has 0 saturated carbocycles. The first-order chi connectivity index (χ1) is 12.1. The minimum absolute atomic E-state index is 0.0000661. The fraction of sp³-hybridized carbons (Fsp3) is 0.333. The van der Waals surface area contributed by atoms with Crippen molar-refractivity contribution in [3.63, 3.8) is 0 Å². The van der Waals surface area contributed by atoms with Crippen LogP contribution in [-0.4, -0.2) is 25.6 Å². The van der Waals surface area contributed by atoms with Crippen molar-refractivity contribution in [2.75, 3.05) is 0 Å². The van der Waals surface area contributed by atoms with Crippen molar-refractivity contribution in [3.05, 3.63) is 39.7 Å². The summed E-state index contributed by atoms with van der Waals surface area (Å²) in [5.41, 5.74) is 0.896. The molecule has 1 heterocycles. The molecule has 5 nitrogen and oxygen atoms in total. The Labute approximate surface area is 162 Å². The number of rotatable bonds is 5. The molecule has 1 amide bonds. The van der Waals surface area contributed by atoms with Gasteiger partial charge in [-0.2, -0.15) is 5.26 Å². The van der Waals surface area contributed by atoms with E-state index in [-0.39, 0.29) is 20.7 Å². The first-order valence-corrected chi connectivity index (χ1v) is 10.7. The van der Waals surface area contributed by atoms with Crippen molar-refractivity contribution in [1.82, 2.24) is 5.32 Å². The maximum atomic E-state index is 12.7. The minimum atomic E-state index is -3.71. The summed E-state index contributed by atoms with van der Waals surface area (Å²) in [7, 11) is -3.71. The molecule has 1 aromatic carbocycles. The highest BCUT2D eigenvalue weighted by atomic mass is 35.5. The lowest BCUT2D eigenvalue weighted by Gasteiger charge is -2.09. The number of thiophene rings is 1. The fourth-order valence-electron chi connectivity index (χ4n) is 2.31. The molecular formula is C18H19ClN2O3S2. The summed E-state index contributed by atoms with van der Waals surface area (Å²) in [6, 6.07) is 8.47. The van der Waals surface area contributed by atoms with E-state index in [4.69, 9.17) is 11.6 Å². The van der Waals surface area contributed by atoms with Crippen LogP contribution in [0.15, 0.2) is 28.5 Å². The van der Waals surface area contributed by atoms with Crippen molar-refractivity contribution >= 4 is 38.7 Å². The van der Waals surface area contributed by atoms with E-state index in [1.807, 2.05) is 19.9 Å². The van der Waals surface area contributed by atoms with E-state index in [0.717, 1.165) is 11.3 Å². The van der Waals surface area contributed by atoms with Crippen molar-refractivity contribution in [2.45, 2.75) is 43.2 Å². The van der Waals surface area contributed by atoms with E-state index in [1.165, 1.54) is 0 Å². The first-order valence-electron chi connectivity index (χ1n) is 7.97. The Hall–Kier alpha value is -1.88. The number of halogens is 1. The Balaban J connectivity index is 2.82. The van der Waals surface area contributed by atoms with Crippen LogP contribution >= 0.6 is 22.9 Å². The molecule has 0 aliphatic rings. The smallest absolute Gasteiger partial charge is 0.262 e. The molecule has 0 fully saturated rings. The summed E-state index contributed by atoms with van der Waals surface area (Å²) in [6.45, 7) is 6.72. The van der Waals surface area contributed by atoms with Crippen LogP contribution in [0, 0.1) is 11.3 Å². The molecule has 8 heteroatoms. The Morgan fingerprint density at radius 2 is 1.77 bits per heavy atom. The van der Waals surface area contributed by atoms with Gasteiger partial charge in [-0.05, 0) is 45.4 Å². The van der Waals surface area contributed by atoms with Gasteiger partial charge in [-0.25, -0.2) is 8.42 Å². The summed E-state index contributed by atoms with van der Waals surface area (Å²) >= 11 is 6.77. The molecule has 0 unspecified atom stereocenters. The zero-order valence-electron chi connectivity index (χ0n) is 14.8. The summed E-state index contributed by atoms with van der Waals surface area (Å²) in [5, 5.41) is 12.2. The molecule has 0 spiro atoms. The van der Waals surface area contributed by atoms with Gasteiger partial charge in [0.1, 0.15) is 15.2 Å². The van der Waals surface area contributed by atoms with Crippen LogP contribution in [0.25, 0.3) is 11.1 Å². The molecule has 0 aliphatic heterocycles. The third kappa shape index (κ3) is 3.93. The number of nitrogens with one attached hydrogen (secondary N) is 1. The SMILES string of the molecule is CC(C)NC(=O)c1sc(S(=O)(=O)C(C)C)c(C#N)c1-c1ccc(Cl)cc1. The van der Waals surface area contributed by atoms with E-state index < -0.39 is 21.0 Å². The van der Waals surface area contributed by atoms with Crippen molar-refractivity contribution < 1.29 is 13.2 Å². The van der Waals surface area contributed by atoms with Gasteiger partial charge in [0, 0.05) is 16.6 Å². The van der Waals surface area contributed by atoms with Gasteiger partial charge in [-0.3, -0.25) is 4.79 Å². The average Bonchev–Trinajstić information content (AvgIpc) is 2.95. The Morgan fingerprint density at radius 3 is 2.23 bits per heavy atom. The molecule has 0 aliphatic carbocycles. The Bertz CT molecular complexity index is 969. The number of hydrogen-bond donors (Lipinski definition) is 1. The summed E-state index contributed by atoms with van der Waals surface area (Å²) in [4.78, 5) is 12.9. The van der Waals surface area contributed by atoms with Crippen LogP contribution in [0.2, 0.25) is 5.02 Å². The maximum absolute atomic E-state index is 12.7. The third-order valence-corrected chi connectivity index (χ3v) is 7.77. The number of sulfone groups is 1. The van der Waals surface area contributed by atoms with Gasteiger partial charge in [-0.1, -0.05) is 23.7 Å². The van der Waals surface area contributed by atoms with Gasteiger partial charge < -0.3 is 5.32 Å². The Morgan fingerprint density at radius 1 is 1.19 bits per heavy atom. The number of carbonyl (C=O) groups excluding carboxylic acids is 1. The lowest BCUT2D eigenvalue weighted by molar-refractivity contribution is 0.0948. The molecule has 26 heavy (non-hydrogen) atoms. The number of nitrogens with zero attached hydrogens (tertiary/aromatic N) is 1. The maximum Gasteiger partial charge on any atom is 0.262 e. The number of hydrogen-bond acceptors (Lipinski definition) is 5. The monoisotopic (exact) mass is 410 g/mol. The molecule has 0 radical (unpaired) electrons.